The SMILES string of the molecule is Cc1cc(NC(=O)c2sccc2Cl)sc1C(=O)O. The Kier molecular flexibility index (Phi) is 3.70. The van der Waals surface area contributed by atoms with Gasteiger partial charge in [0, 0.05) is 0 Å². The first-order chi connectivity index (χ1) is 8.49. The second-order valence-corrected chi connectivity index (χ2v) is 5.86. The molecule has 4 nitrogen and oxygen atoms in total. The number of halogens is 1. The van der Waals surface area contributed by atoms with Crippen LogP contribution in [0.5, 0.6) is 0 Å². The first-order valence-electron chi connectivity index (χ1n) is 4.87. The van der Waals surface area contributed by atoms with E-state index in [9.17, 15) is 9.59 Å². The number of aromatic carboxylic acids is 1. The van der Waals surface area contributed by atoms with Gasteiger partial charge in [0.05, 0.1) is 10.0 Å². The van der Waals surface area contributed by atoms with E-state index in [0.717, 1.165) is 11.3 Å². The van der Waals surface area contributed by atoms with E-state index in [2.05, 4.69) is 5.32 Å². The summed E-state index contributed by atoms with van der Waals surface area (Å²) in [7, 11) is 0. The Morgan fingerprint density at radius 2 is 2.11 bits per heavy atom. The summed E-state index contributed by atoms with van der Waals surface area (Å²) >= 11 is 8.11. The van der Waals surface area contributed by atoms with Gasteiger partial charge in [-0.05, 0) is 30.0 Å². The molecule has 0 aliphatic carbocycles. The summed E-state index contributed by atoms with van der Waals surface area (Å²) in [6.45, 7) is 1.69. The Morgan fingerprint density at radius 3 is 2.61 bits per heavy atom. The molecule has 2 rings (SSSR count). The zero-order chi connectivity index (χ0) is 13.3. The maximum Gasteiger partial charge on any atom is 0.346 e. The molecule has 2 heterocycles. The van der Waals surface area contributed by atoms with E-state index in [0.29, 0.717) is 20.5 Å². The standard InChI is InChI=1S/C11H8ClNO3S2/c1-5-4-7(18-8(5)11(15)16)13-10(14)9-6(12)2-3-17-9/h2-4H,1H3,(H,13,14)(H,15,16). The molecule has 0 unspecified atom stereocenters. The fraction of sp³-hybridized carbons (Fsp3) is 0.0909. The normalized spacial score (nSPS) is 10.3. The number of hydrogen-bond acceptors (Lipinski definition) is 4. The number of anilines is 1. The number of amides is 1. The van der Waals surface area contributed by atoms with Crippen LogP contribution in [0.15, 0.2) is 17.5 Å². The van der Waals surface area contributed by atoms with Crippen molar-refractivity contribution in [2.45, 2.75) is 6.92 Å². The molecular weight excluding hydrogens is 294 g/mol. The number of nitrogens with one attached hydrogen (secondary N) is 1. The second-order valence-electron chi connectivity index (χ2n) is 3.48. The van der Waals surface area contributed by atoms with E-state index in [-0.39, 0.29) is 10.8 Å². The van der Waals surface area contributed by atoms with Crippen molar-refractivity contribution in [3.63, 3.8) is 0 Å². The lowest BCUT2D eigenvalue weighted by molar-refractivity contribution is 0.0701. The topological polar surface area (TPSA) is 66.4 Å². The van der Waals surface area contributed by atoms with Crippen LogP contribution in [-0.4, -0.2) is 17.0 Å². The van der Waals surface area contributed by atoms with Crippen molar-refractivity contribution in [2.24, 2.45) is 0 Å². The molecule has 0 aliphatic heterocycles. The largest absolute Gasteiger partial charge is 0.477 e. The molecule has 1 amide bonds. The van der Waals surface area contributed by atoms with Crippen molar-refractivity contribution in [3.8, 4) is 0 Å². The minimum atomic E-state index is -0.993. The van der Waals surface area contributed by atoms with E-state index in [1.165, 1.54) is 11.3 Å². The van der Waals surface area contributed by atoms with Gasteiger partial charge in [0.2, 0.25) is 0 Å². The highest BCUT2D eigenvalue weighted by molar-refractivity contribution is 7.18. The molecule has 0 spiro atoms. The zero-order valence-electron chi connectivity index (χ0n) is 9.19. The lowest BCUT2D eigenvalue weighted by atomic mass is 10.3. The third-order valence-electron chi connectivity index (χ3n) is 2.17. The number of aryl methyl sites for hydroxylation is 1. The lowest BCUT2D eigenvalue weighted by Gasteiger charge is -1.99. The van der Waals surface area contributed by atoms with Gasteiger partial charge < -0.3 is 10.4 Å². The van der Waals surface area contributed by atoms with Crippen LogP contribution in [0.4, 0.5) is 5.00 Å². The number of carboxylic acids is 1. The summed E-state index contributed by atoms with van der Waals surface area (Å²) in [6, 6.07) is 3.27. The van der Waals surface area contributed by atoms with Crippen LogP contribution in [0.2, 0.25) is 5.02 Å². The molecule has 0 aromatic carbocycles. The van der Waals surface area contributed by atoms with Crippen molar-refractivity contribution in [3.05, 3.63) is 37.9 Å². The maximum absolute atomic E-state index is 11.9. The second kappa shape index (κ2) is 5.09. The number of carbonyl (C=O) groups excluding carboxylic acids is 1. The van der Waals surface area contributed by atoms with Gasteiger partial charge in [-0.25, -0.2) is 4.79 Å². The number of rotatable bonds is 3. The fourth-order valence-electron chi connectivity index (χ4n) is 1.38. The van der Waals surface area contributed by atoms with Gasteiger partial charge in [0.25, 0.3) is 5.91 Å². The van der Waals surface area contributed by atoms with Gasteiger partial charge in [-0.1, -0.05) is 11.6 Å². The van der Waals surface area contributed by atoms with Gasteiger partial charge in [0.1, 0.15) is 9.75 Å². The van der Waals surface area contributed by atoms with Crippen molar-refractivity contribution >= 4 is 51.2 Å². The van der Waals surface area contributed by atoms with E-state index in [4.69, 9.17) is 16.7 Å². The van der Waals surface area contributed by atoms with Crippen LogP contribution in [-0.2, 0) is 0 Å². The molecule has 18 heavy (non-hydrogen) atoms. The summed E-state index contributed by atoms with van der Waals surface area (Å²) < 4.78 is 0. The highest BCUT2D eigenvalue weighted by Crippen LogP contribution is 2.28. The van der Waals surface area contributed by atoms with Gasteiger partial charge in [0.15, 0.2) is 0 Å². The summed E-state index contributed by atoms with van der Waals surface area (Å²) in [5.41, 5.74) is 0.625. The number of thiophene rings is 2. The predicted octanol–water partition coefficient (Wildman–Crippen LogP) is 3.72. The Morgan fingerprint density at radius 1 is 1.39 bits per heavy atom. The van der Waals surface area contributed by atoms with Crippen LogP contribution >= 0.6 is 34.3 Å². The molecule has 2 N–H and O–H groups in total. The Balaban J connectivity index is 2.20. The molecule has 0 saturated carbocycles. The quantitative estimate of drug-likeness (QED) is 0.908. The van der Waals surface area contributed by atoms with Crippen LogP contribution in [0.1, 0.15) is 24.9 Å². The Labute approximate surface area is 116 Å². The van der Waals surface area contributed by atoms with Gasteiger partial charge in [-0.3, -0.25) is 4.79 Å². The van der Waals surface area contributed by atoms with Crippen molar-refractivity contribution in [1.29, 1.82) is 0 Å². The van der Waals surface area contributed by atoms with Crippen molar-refractivity contribution in [1.82, 2.24) is 0 Å². The first-order valence-corrected chi connectivity index (χ1v) is 6.94. The number of carbonyl (C=O) groups is 2. The van der Waals surface area contributed by atoms with Crippen LogP contribution in [0.3, 0.4) is 0 Å². The monoisotopic (exact) mass is 301 g/mol. The van der Waals surface area contributed by atoms with Crippen LogP contribution < -0.4 is 5.32 Å². The third-order valence-corrected chi connectivity index (χ3v) is 4.65. The van der Waals surface area contributed by atoms with Crippen molar-refractivity contribution < 1.29 is 14.7 Å². The van der Waals surface area contributed by atoms with Crippen molar-refractivity contribution in [2.75, 3.05) is 5.32 Å². The van der Waals surface area contributed by atoms with Crippen LogP contribution in [0, 0.1) is 6.92 Å². The lowest BCUT2D eigenvalue weighted by Crippen LogP contribution is -2.09. The molecule has 0 atom stereocenters. The molecular formula is C11H8ClNO3S2. The molecule has 0 radical (unpaired) electrons. The van der Waals surface area contributed by atoms with E-state index in [1.54, 1.807) is 24.4 Å². The molecule has 0 saturated heterocycles. The fourth-order valence-corrected chi connectivity index (χ4v) is 3.32. The van der Waals surface area contributed by atoms with Crippen LogP contribution in [0.25, 0.3) is 0 Å². The summed E-state index contributed by atoms with van der Waals surface area (Å²) in [4.78, 5) is 23.4. The zero-order valence-corrected chi connectivity index (χ0v) is 11.6. The van der Waals surface area contributed by atoms with E-state index in [1.807, 2.05) is 0 Å². The smallest absolute Gasteiger partial charge is 0.346 e. The predicted molar refractivity (Wildman–Crippen MR) is 73.3 cm³/mol. The van der Waals surface area contributed by atoms with Gasteiger partial charge in [-0.15, -0.1) is 22.7 Å². The minimum Gasteiger partial charge on any atom is -0.477 e. The molecule has 2 aromatic rings. The number of hydrogen-bond donors (Lipinski definition) is 2. The Bertz CT molecular complexity index is 618. The Hall–Kier alpha value is -1.37. The molecule has 7 heteroatoms. The average Bonchev–Trinajstić information content (AvgIpc) is 2.84. The summed E-state index contributed by atoms with van der Waals surface area (Å²) in [5.74, 6) is -1.32. The van der Waals surface area contributed by atoms with Gasteiger partial charge in [-0.2, -0.15) is 0 Å². The molecule has 0 bridgehead atoms. The summed E-state index contributed by atoms with van der Waals surface area (Å²) in [5, 5.41) is 14.2. The minimum absolute atomic E-state index is 0.225. The van der Waals surface area contributed by atoms with E-state index < -0.39 is 5.97 Å². The highest BCUT2D eigenvalue weighted by Gasteiger charge is 2.16. The molecule has 2 aromatic heterocycles. The maximum atomic E-state index is 11.9. The van der Waals surface area contributed by atoms with E-state index >= 15 is 0 Å². The molecule has 0 fully saturated rings. The first kappa shape index (κ1) is 13.1. The van der Waals surface area contributed by atoms with Gasteiger partial charge >= 0.3 is 5.97 Å². The molecule has 94 valence electrons. The highest BCUT2D eigenvalue weighted by atomic mass is 35.5. The molecule has 0 aliphatic rings. The summed E-state index contributed by atoms with van der Waals surface area (Å²) in [6.07, 6.45) is 0. The third kappa shape index (κ3) is 2.55. The number of carboxylic acid groups (broad SMARTS) is 1. The average molecular weight is 302 g/mol.